The summed E-state index contributed by atoms with van der Waals surface area (Å²) in [6.45, 7) is 3.02. The van der Waals surface area contributed by atoms with E-state index in [1.54, 1.807) is 7.11 Å². The largest absolute Gasteiger partial charge is 0.487 e. The highest BCUT2D eigenvalue weighted by Gasteiger charge is 2.06. The molecule has 0 aliphatic rings. The van der Waals surface area contributed by atoms with Crippen LogP contribution < -0.4 is 10.5 Å². The number of rotatable bonds is 5. The summed E-state index contributed by atoms with van der Waals surface area (Å²) < 4.78 is 10.6. The van der Waals surface area contributed by atoms with Crippen LogP contribution in [0.15, 0.2) is 24.3 Å². The molecule has 0 saturated heterocycles. The Hall–Kier alpha value is -1.06. The van der Waals surface area contributed by atoms with Crippen molar-refractivity contribution in [2.75, 3.05) is 20.3 Å². The summed E-state index contributed by atoms with van der Waals surface area (Å²) in [6.07, 6.45) is -0.0669. The monoisotopic (exact) mass is 195 g/mol. The maximum absolute atomic E-state index is 5.61. The fourth-order valence-electron chi connectivity index (χ4n) is 1.15. The van der Waals surface area contributed by atoms with Crippen LogP contribution in [0.1, 0.15) is 5.56 Å². The first-order valence-electron chi connectivity index (χ1n) is 4.68. The topological polar surface area (TPSA) is 44.5 Å². The summed E-state index contributed by atoms with van der Waals surface area (Å²) in [7, 11) is 1.64. The van der Waals surface area contributed by atoms with E-state index in [1.807, 2.05) is 31.2 Å². The molecule has 3 nitrogen and oxygen atoms in total. The van der Waals surface area contributed by atoms with Crippen LogP contribution in [0.4, 0.5) is 0 Å². The van der Waals surface area contributed by atoms with Crippen molar-refractivity contribution in [1.29, 1.82) is 0 Å². The summed E-state index contributed by atoms with van der Waals surface area (Å²) in [5, 5.41) is 0. The molecule has 0 amide bonds. The zero-order valence-electron chi connectivity index (χ0n) is 8.69. The van der Waals surface area contributed by atoms with Crippen LogP contribution in [0.3, 0.4) is 0 Å². The lowest BCUT2D eigenvalue weighted by Crippen LogP contribution is -2.31. The molecule has 0 fully saturated rings. The third-order valence-corrected chi connectivity index (χ3v) is 1.94. The minimum absolute atomic E-state index is 0.0669. The summed E-state index contributed by atoms with van der Waals surface area (Å²) in [6, 6.07) is 7.90. The molecule has 0 heterocycles. The van der Waals surface area contributed by atoms with Gasteiger partial charge in [0.2, 0.25) is 0 Å². The number of aryl methyl sites for hydroxylation is 1. The second-order valence-electron chi connectivity index (χ2n) is 3.24. The van der Waals surface area contributed by atoms with E-state index in [0.29, 0.717) is 13.2 Å². The number of ether oxygens (including phenoxy) is 2. The lowest BCUT2D eigenvalue weighted by molar-refractivity contribution is 0.0860. The maximum Gasteiger partial charge on any atom is 0.134 e. The lowest BCUT2D eigenvalue weighted by Gasteiger charge is -2.16. The van der Waals surface area contributed by atoms with Crippen LogP contribution in [-0.2, 0) is 4.74 Å². The van der Waals surface area contributed by atoms with Crippen LogP contribution in [0.25, 0.3) is 0 Å². The first-order chi connectivity index (χ1) is 6.76. The molecule has 14 heavy (non-hydrogen) atoms. The molecule has 1 unspecified atom stereocenters. The molecule has 3 heteroatoms. The van der Waals surface area contributed by atoms with Gasteiger partial charge in [-0.1, -0.05) is 17.7 Å². The number of benzene rings is 1. The number of nitrogens with two attached hydrogens (primary N) is 1. The van der Waals surface area contributed by atoms with E-state index < -0.39 is 0 Å². The first-order valence-corrected chi connectivity index (χ1v) is 4.68. The summed E-state index contributed by atoms with van der Waals surface area (Å²) in [4.78, 5) is 0. The molecule has 1 aromatic rings. The Morgan fingerprint density at radius 3 is 2.43 bits per heavy atom. The van der Waals surface area contributed by atoms with E-state index in [4.69, 9.17) is 15.2 Å². The molecular weight excluding hydrogens is 178 g/mol. The quantitative estimate of drug-likeness (QED) is 0.771. The van der Waals surface area contributed by atoms with Crippen molar-refractivity contribution in [1.82, 2.24) is 0 Å². The van der Waals surface area contributed by atoms with Crippen molar-refractivity contribution in [3.05, 3.63) is 29.8 Å². The van der Waals surface area contributed by atoms with E-state index in [2.05, 4.69) is 0 Å². The van der Waals surface area contributed by atoms with Crippen molar-refractivity contribution in [3.8, 4) is 5.75 Å². The summed E-state index contributed by atoms with van der Waals surface area (Å²) >= 11 is 0. The maximum atomic E-state index is 5.61. The highest BCUT2D eigenvalue weighted by atomic mass is 16.5. The molecule has 0 bridgehead atoms. The van der Waals surface area contributed by atoms with Gasteiger partial charge in [0.25, 0.3) is 0 Å². The molecule has 2 N–H and O–H groups in total. The molecule has 78 valence electrons. The second-order valence-corrected chi connectivity index (χ2v) is 3.24. The Balaban J connectivity index is 2.53. The van der Waals surface area contributed by atoms with E-state index in [9.17, 15) is 0 Å². The van der Waals surface area contributed by atoms with Gasteiger partial charge in [-0.15, -0.1) is 0 Å². The van der Waals surface area contributed by atoms with Crippen molar-refractivity contribution >= 4 is 0 Å². The van der Waals surface area contributed by atoms with Gasteiger partial charge in [-0.05, 0) is 19.1 Å². The lowest BCUT2D eigenvalue weighted by atomic mass is 10.2. The Morgan fingerprint density at radius 2 is 1.93 bits per heavy atom. The second kappa shape index (κ2) is 5.62. The molecule has 1 rings (SSSR count). The van der Waals surface area contributed by atoms with Gasteiger partial charge in [0, 0.05) is 13.7 Å². The van der Waals surface area contributed by atoms with Crippen LogP contribution in [0.2, 0.25) is 0 Å². The molecule has 0 radical (unpaired) electrons. The Labute approximate surface area is 84.8 Å². The van der Waals surface area contributed by atoms with Crippen LogP contribution in [0.5, 0.6) is 5.75 Å². The van der Waals surface area contributed by atoms with Gasteiger partial charge >= 0.3 is 0 Å². The first kappa shape index (κ1) is 11.0. The van der Waals surface area contributed by atoms with Crippen molar-refractivity contribution in [2.45, 2.75) is 13.0 Å². The highest BCUT2D eigenvalue weighted by Crippen LogP contribution is 2.13. The highest BCUT2D eigenvalue weighted by molar-refractivity contribution is 5.26. The average molecular weight is 195 g/mol. The van der Waals surface area contributed by atoms with Gasteiger partial charge in [0.15, 0.2) is 0 Å². The molecular formula is C11H17NO2. The third kappa shape index (κ3) is 3.36. The number of methoxy groups -OCH3 is 1. The SMILES string of the molecule is COCC(CN)Oc1ccc(C)cc1. The van der Waals surface area contributed by atoms with Crippen LogP contribution in [-0.4, -0.2) is 26.4 Å². The van der Waals surface area contributed by atoms with Gasteiger partial charge < -0.3 is 15.2 Å². The van der Waals surface area contributed by atoms with E-state index in [-0.39, 0.29) is 6.10 Å². The molecule has 0 aliphatic heterocycles. The number of hydrogen-bond acceptors (Lipinski definition) is 3. The normalized spacial score (nSPS) is 12.5. The van der Waals surface area contributed by atoms with Crippen molar-refractivity contribution < 1.29 is 9.47 Å². The van der Waals surface area contributed by atoms with Crippen molar-refractivity contribution in [2.24, 2.45) is 5.73 Å². The molecule has 0 aliphatic carbocycles. The van der Waals surface area contributed by atoms with Gasteiger partial charge in [-0.25, -0.2) is 0 Å². The molecule has 1 atom stereocenters. The third-order valence-electron chi connectivity index (χ3n) is 1.94. The minimum Gasteiger partial charge on any atom is -0.487 e. The molecule has 1 aromatic carbocycles. The van der Waals surface area contributed by atoms with E-state index in [0.717, 1.165) is 5.75 Å². The van der Waals surface area contributed by atoms with Gasteiger partial charge in [0.1, 0.15) is 11.9 Å². The predicted octanol–water partition coefficient (Wildman–Crippen LogP) is 1.35. The van der Waals surface area contributed by atoms with E-state index >= 15 is 0 Å². The summed E-state index contributed by atoms with van der Waals surface area (Å²) in [5.74, 6) is 0.836. The Kier molecular flexibility index (Phi) is 4.43. The summed E-state index contributed by atoms with van der Waals surface area (Å²) in [5.41, 5.74) is 6.75. The molecule has 0 spiro atoms. The smallest absolute Gasteiger partial charge is 0.134 e. The Morgan fingerprint density at radius 1 is 1.29 bits per heavy atom. The molecule has 0 aromatic heterocycles. The van der Waals surface area contributed by atoms with Crippen LogP contribution in [0, 0.1) is 6.92 Å². The average Bonchev–Trinajstić information content (AvgIpc) is 2.20. The standard InChI is InChI=1S/C11H17NO2/c1-9-3-5-10(6-4-9)14-11(7-12)8-13-2/h3-6,11H,7-8,12H2,1-2H3. The van der Waals surface area contributed by atoms with Gasteiger partial charge in [0.05, 0.1) is 6.61 Å². The van der Waals surface area contributed by atoms with Gasteiger partial charge in [-0.3, -0.25) is 0 Å². The number of hydrogen-bond donors (Lipinski definition) is 1. The predicted molar refractivity (Wildman–Crippen MR) is 56.5 cm³/mol. The van der Waals surface area contributed by atoms with Crippen LogP contribution >= 0.6 is 0 Å². The van der Waals surface area contributed by atoms with Crippen molar-refractivity contribution in [3.63, 3.8) is 0 Å². The Bertz CT molecular complexity index is 258. The van der Waals surface area contributed by atoms with E-state index in [1.165, 1.54) is 5.56 Å². The zero-order chi connectivity index (χ0) is 10.4. The minimum atomic E-state index is -0.0669. The fraction of sp³-hybridized carbons (Fsp3) is 0.455. The zero-order valence-corrected chi connectivity index (χ0v) is 8.69. The molecule has 0 saturated carbocycles. The fourth-order valence-corrected chi connectivity index (χ4v) is 1.15. The van der Waals surface area contributed by atoms with Gasteiger partial charge in [-0.2, -0.15) is 0 Å².